The van der Waals surface area contributed by atoms with Gasteiger partial charge in [-0.15, -0.1) is 0 Å². The van der Waals surface area contributed by atoms with E-state index >= 15 is 0 Å². The van der Waals surface area contributed by atoms with E-state index in [0.29, 0.717) is 18.9 Å². The van der Waals surface area contributed by atoms with Gasteiger partial charge in [-0.2, -0.15) is 5.10 Å². The van der Waals surface area contributed by atoms with Crippen LogP contribution in [0.4, 0.5) is 0 Å². The first-order chi connectivity index (χ1) is 9.57. The van der Waals surface area contributed by atoms with Crippen molar-refractivity contribution in [1.29, 1.82) is 0 Å². The Kier molecular flexibility index (Phi) is 3.06. The lowest BCUT2D eigenvalue weighted by Gasteiger charge is -2.37. The van der Waals surface area contributed by atoms with Crippen molar-refractivity contribution < 1.29 is 9.53 Å². The lowest BCUT2D eigenvalue weighted by Crippen LogP contribution is -2.41. The van der Waals surface area contributed by atoms with Crippen molar-refractivity contribution in [3.8, 4) is 5.69 Å². The summed E-state index contributed by atoms with van der Waals surface area (Å²) in [5.41, 5.74) is 7.66. The highest BCUT2D eigenvalue weighted by molar-refractivity contribution is 5.92. The summed E-state index contributed by atoms with van der Waals surface area (Å²) < 4.78 is 6.97. The Labute approximate surface area is 117 Å². The van der Waals surface area contributed by atoms with E-state index in [1.54, 1.807) is 4.68 Å². The lowest BCUT2D eigenvalue weighted by atomic mass is 9.82. The molecule has 0 atom stereocenters. The van der Waals surface area contributed by atoms with Crippen LogP contribution in [0.15, 0.2) is 36.5 Å². The molecule has 2 heterocycles. The maximum atomic E-state index is 11.6. The lowest BCUT2D eigenvalue weighted by molar-refractivity contribution is -0.100. The highest BCUT2D eigenvalue weighted by atomic mass is 16.5. The van der Waals surface area contributed by atoms with Crippen LogP contribution in [0.5, 0.6) is 0 Å². The number of para-hydroxylation sites is 1. The average molecular weight is 271 g/mol. The molecular formula is C15H17N3O2. The molecule has 0 saturated carbocycles. The molecule has 0 unspecified atom stereocenters. The zero-order chi connectivity index (χ0) is 14.2. The Hall–Kier alpha value is -2.14. The van der Waals surface area contributed by atoms with Crippen LogP contribution >= 0.6 is 0 Å². The molecule has 2 N–H and O–H groups in total. The van der Waals surface area contributed by atoms with Crippen LogP contribution in [0, 0.1) is 5.41 Å². The molecule has 104 valence electrons. The van der Waals surface area contributed by atoms with Gasteiger partial charge in [0.05, 0.1) is 18.9 Å². The number of nitrogens with zero attached hydrogens (tertiary/aromatic N) is 2. The third kappa shape index (κ3) is 2.32. The minimum Gasteiger partial charge on any atom is -0.380 e. The molecule has 2 aromatic rings. The SMILES string of the molecule is CC1(Cc2cn(-c3ccccc3)nc2C(N)=O)COC1. The minimum atomic E-state index is -0.487. The Morgan fingerprint density at radius 3 is 2.65 bits per heavy atom. The van der Waals surface area contributed by atoms with Crippen LogP contribution in [-0.2, 0) is 11.2 Å². The summed E-state index contributed by atoms with van der Waals surface area (Å²) in [5, 5.41) is 4.32. The van der Waals surface area contributed by atoms with E-state index < -0.39 is 5.91 Å². The van der Waals surface area contributed by atoms with Crippen LogP contribution in [0.2, 0.25) is 0 Å². The Morgan fingerprint density at radius 2 is 2.10 bits per heavy atom. The number of ether oxygens (including phenoxy) is 1. The normalized spacial score (nSPS) is 16.6. The summed E-state index contributed by atoms with van der Waals surface area (Å²) in [6.45, 7) is 3.56. The molecule has 1 amide bonds. The van der Waals surface area contributed by atoms with E-state index in [1.165, 1.54) is 0 Å². The van der Waals surface area contributed by atoms with Gasteiger partial charge in [-0.05, 0) is 18.6 Å². The van der Waals surface area contributed by atoms with Gasteiger partial charge in [0, 0.05) is 17.2 Å². The first kappa shape index (κ1) is 12.9. The van der Waals surface area contributed by atoms with Crippen molar-refractivity contribution in [2.45, 2.75) is 13.3 Å². The van der Waals surface area contributed by atoms with E-state index in [1.807, 2.05) is 36.5 Å². The van der Waals surface area contributed by atoms with Gasteiger partial charge in [0.2, 0.25) is 0 Å². The maximum Gasteiger partial charge on any atom is 0.269 e. The molecule has 1 fully saturated rings. The van der Waals surface area contributed by atoms with Crippen LogP contribution in [0.1, 0.15) is 23.0 Å². The van der Waals surface area contributed by atoms with Crippen LogP contribution in [-0.4, -0.2) is 28.9 Å². The van der Waals surface area contributed by atoms with Gasteiger partial charge >= 0.3 is 0 Å². The predicted octanol–water partition coefficient (Wildman–Crippen LogP) is 1.55. The largest absolute Gasteiger partial charge is 0.380 e. The molecule has 1 aromatic carbocycles. The highest BCUT2D eigenvalue weighted by Gasteiger charge is 2.35. The highest BCUT2D eigenvalue weighted by Crippen LogP contribution is 2.32. The zero-order valence-electron chi connectivity index (χ0n) is 11.4. The summed E-state index contributed by atoms with van der Waals surface area (Å²) in [4.78, 5) is 11.6. The van der Waals surface area contributed by atoms with Gasteiger partial charge < -0.3 is 10.5 Å². The molecule has 0 spiro atoms. The van der Waals surface area contributed by atoms with Crippen LogP contribution < -0.4 is 5.73 Å². The number of hydrogen-bond donors (Lipinski definition) is 1. The third-order valence-electron chi connectivity index (χ3n) is 3.56. The number of nitrogens with two attached hydrogens (primary N) is 1. The molecular weight excluding hydrogens is 254 g/mol. The number of aromatic nitrogens is 2. The summed E-state index contributed by atoms with van der Waals surface area (Å²) in [7, 11) is 0. The number of hydrogen-bond acceptors (Lipinski definition) is 3. The Morgan fingerprint density at radius 1 is 1.40 bits per heavy atom. The van der Waals surface area contributed by atoms with Crippen molar-refractivity contribution in [2.24, 2.45) is 11.1 Å². The number of rotatable bonds is 4. The molecule has 0 bridgehead atoms. The fourth-order valence-corrected chi connectivity index (χ4v) is 2.47. The third-order valence-corrected chi connectivity index (χ3v) is 3.56. The second-order valence-electron chi connectivity index (χ2n) is 5.63. The molecule has 5 nitrogen and oxygen atoms in total. The zero-order valence-corrected chi connectivity index (χ0v) is 11.4. The van der Waals surface area contributed by atoms with E-state index in [-0.39, 0.29) is 5.41 Å². The van der Waals surface area contributed by atoms with Gasteiger partial charge in [-0.3, -0.25) is 4.79 Å². The average Bonchev–Trinajstić information content (AvgIpc) is 2.82. The minimum absolute atomic E-state index is 0.0781. The number of carbonyl (C=O) groups is 1. The Balaban J connectivity index is 1.96. The topological polar surface area (TPSA) is 70.1 Å². The number of benzene rings is 1. The van der Waals surface area contributed by atoms with Gasteiger partial charge in [-0.25, -0.2) is 4.68 Å². The molecule has 1 saturated heterocycles. The molecule has 5 heteroatoms. The van der Waals surface area contributed by atoms with Crippen molar-refractivity contribution in [1.82, 2.24) is 9.78 Å². The number of amides is 1. The van der Waals surface area contributed by atoms with Gasteiger partial charge in [0.25, 0.3) is 5.91 Å². The summed E-state index contributed by atoms with van der Waals surface area (Å²) in [5.74, 6) is -0.487. The van der Waals surface area contributed by atoms with Crippen molar-refractivity contribution in [2.75, 3.05) is 13.2 Å². The van der Waals surface area contributed by atoms with Crippen molar-refractivity contribution in [3.63, 3.8) is 0 Å². The molecule has 20 heavy (non-hydrogen) atoms. The molecule has 1 aliphatic heterocycles. The maximum absolute atomic E-state index is 11.6. The quantitative estimate of drug-likeness (QED) is 0.917. The fraction of sp³-hybridized carbons (Fsp3) is 0.333. The van der Waals surface area contributed by atoms with E-state index in [9.17, 15) is 4.79 Å². The second kappa shape index (κ2) is 4.76. The molecule has 1 aliphatic rings. The fourth-order valence-electron chi connectivity index (χ4n) is 2.47. The van der Waals surface area contributed by atoms with Gasteiger partial charge in [-0.1, -0.05) is 25.1 Å². The predicted molar refractivity (Wildman–Crippen MR) is 74.7 cm³/mol. The van der Waals surface area contributed by atoms with Crippen molar-refractivity contribution in [3.05, 3.63) is 47.8 Å². The second-order valence-corrected chi connectivity index (χ2v) is 5.63. The van der Waals surface area contributed by atoms with Crippen LogP contribution in [0.3, 0.4) is 0 Å². The van der Waals surface area contributed by atoms with E-state index in [0.717, 1.165) is 17.7 Å². The van der Waals surface area contributed by atoms with Gasteiger partial charge in [0.15, 0.2) is 5.69 Å². The van der Waals surface area contributed by atoms with Crippen molar-refractivity contribution >= 4 is 5.91 Å². The monoisotopic (exact) mass is 271 g/mol. The first-order valence-electron chi connectivity index (χ1n) is 6.59. The number of carbonyl (C=O) groups excluding carboxylic acids is 1. The molecule has 1 aromatic heterocycles. The first-order valence-corrected chi connectivity index (χ1v) is 6.59. The van der Waals surface area contributed by atoms with E-state index in [2.05, 4.69) is 12.0 Å². The van der Waals surface area contributed by atoms with Crippen LogP contribution in [0.25, 0.3) is 5.69 Å². The summed E-state index contributed by atoms with van der Waals surface area (Å²) in [6, 6.07) is 9.69. The summed E-state index contributed by atoms with van der Waals surface area (Å²) in [6.07, 6.45) is 2.64. The number of primary amides is 1. The Bertz CT molecular complexity index is 630. The molecule has 0 aliphatic carbocycles. The summed E-state index contributed by atoms with van der Waals surface area (Å²) >= 11 is 0. The smallest absolute Gasteiger partial charge is 0.269 e. The molecule has 0 radical (unpaired) electrons. The standard InChI is InChI=1S/C15H17N3O2/c1-15(9-20-10-15)7-11-8-18(17-13(11)14(16)19)12-5-3-2-4-6-12/h2-6,8H,7,9-10H2,1H3,(H2,16,19). The van der Waals surface area contributed by atoms with Gasteiger partial charge in [0.1, 0.15) is 0 Å². The van der Waals surface area contributed by atoms with E-state index in [4.69, 9.17) is 10.5 Å². The molecule has 3 rings (SSSR count).